The molecule has 0 fully saturated rings. The van der Waals surface area contributed by atoms with Crippen LogP contribution in [0.15, 0.2) is 48.5 Å². The Labute approximate surface area is 142 Å². The molecule has 23 heavy (non-hydrogen) atoms. The number of nitrogens with one attached hydrogen (secondary N) is 3. The van der Waals surface area contributed by atoms with Crippen LogP contribution in [0.25, 0.3) is 0 Å². The Morgan fingerprint density at radius 2 is 1.39 bits per heavy atom. The fourth-order valence-electron chi connectivity index (χ4n) is 1.61. The molecule has 0 bridgehead atoms. The number of thiocarbonyl (C=S) groups is 1. The van der Waals surface area contributed by atoms with Gasteiger partial charge in [0.2, 0.25) is 0 Å². The summed E-state index contributed by atoms with van der Waals surface area (Å²) in [6.07, 6.45) is 0. The number of hydrogen-bond donors (Lipinski definition) is 4. The Morgan fingerprint density at radius 1 is 0.870 bits per heavy atom. The molecule has 0 atom stereocenters. The van der Waals surface area contributed by atoms with Gasteiger partial charge in [-0.05, 0) is 60.7 Å². The molecule has 0 radical (unpaired) electrons. The van der Waals surface area contributed by atoms with Crippen molar-refractivity contribution < 1.29 is 14.7 Å². The number of amides is 2. The highest BCUT2D eigenvalue weighted by atomic mass is 35.5. The Kier molecular flexibility index (Phi) is 5.51. The van der Waals surface area contributed by atoms with Crippen LogP contribution in [0.4, 0.5) is 0 Å². The number of hydrazine groups is 1. The van der Waals surface area contributed by atoms with Crippen LogP contribution in [0.2, 0.25) is 5.02 Å². The zero-order valence-electron chi connectivity index (χ0n) is 11.7. The first-order chi connectivity index (χ1) is 11.0. The third-order valence-corrected chi connectivity index (χ3v) is 3.21. The number of carbonyl (C=O) groups excluding carboxylic acids is 2. The summed E-state index contributed by atoms with van der Waals surface area (Å²) < 4.78 is 0. The number of benzene rings is 2. The Balaban J connectivity index is 1.85. The first-order valence-corrected chi connectivity index (χ1v) is 7.20. The molecule has 0 spiro atoms. The lowest BCUT2D eigenvalue weighted by Crippen LogP contribution is -2.48. The summed E-state index contributed by atoms with van der Waals surface area (Å²) in [6.45, 7) is 0. The molecule has 0 saturated heterocycles. The number of halogens is 1. The van der Waals surface area contributed by atoms with E-state index in [4.69, 9.17) is 28.9 Å². The Bertz CT molecular complexity index is 733. The van der Waals surface area contributed by atoms with Crippen LogP contribution in [0.1, 0.15) is 20.7 Å². The van der Waals surface area contributed by atoms with Crippen LogP contribution in [-0.4, -0.2) is 22.0 Å². The van der Waals surface area contributed by atoms with E-state index in [1.165, 1.54) is 24.3 Å². The number of phenols is 1. The van der Waals surface area contributed by atoms with Gasteiger partial charge in [-0.1, -0.05) is 11.6 Å². The summed E-state index contributed by atoms with van der Waals surface area (Å²) in [5.41, 5.74) is 5.46. The lowest BCUT2D eigenvalue weighted by atomic mass is 10.2. The molecule has 0 aliphatic carbocycles. The molecular weight excluding hydrogens is 338 g/mol. The molecule has 2 rings (SSSR count). The van der Waals surface area contributed by atoms with Crippen molar-refractivity contribution in [3.05, 3.63) is 64.7 Å². The average Bonchev–Trinajstić information content (AvgIpc) is 2.54. The third-order valence-electron chi connectivity index (χ3n) is 2.75. The van der Waals surface area contributed by atoms with Gasteiger partial charge in [-0.15, -0.1) is 0 Å². The summed E-state index contributed by atoms with van der Waals surface area (Å²) in [4.78, 5) is 23.7. The van der Waals surface area contributed by atoms with Crippen LogP contribution in [0.5, 0.6) is 5.75 Å². The van der Waals surface area contributed by atoms with Crippen molar-refractivity contribution >= 4 is 40.7 Å². The van der Waals surface area contributed by atoms with Crippen molar-refractivity contribution in [2.24, 2.45) is 0 Å². The second kappa shape index (κ2) is 7.57. The molecule has 0 heterocycles. The van der Waals surface area contributed by atoms with Crippen molar-refractivity contribution in [1.29, 1.82) is 0 Å². The zero-order chi connectivity index (χ0) is 16.8. The van der Waals surface area contributed by atoms with Gasteiger partial charge in [0, 0.05) is 16.1 Å². The fraction of sp³-hybridized carbons (Fsp3) is 0. The van der Waals surface area contributed by atoms with Crippen LogP contribution in [0.3, 0.4) is 0 Å². The maximum Gasteiger partial charge on any atom is 0.269 e. The van der Waals surface area contributed by atoms with Gasteiger partial charge in [0.25, 0.3) is 11.8 Å². The maximum atomic E-state index is 11.9. The summed E-state index contributed by atoms with van der Waals surface area (Å²) in [5, 5.41) is 12.0. The molecule has 6 nitrogen and oxygen atoms in total. The van der Waals surface area contributed by atoms with Crippen LogP contribution in [-0.2, 0) is 0 Å². The predicted molar refractivity (Wildman–Crippen MR) is 90.2 cm³/mol. The van der Waals surface area contributed by atoms with Gasteiger partial charge < -0.3 is 5.11 Å². The van der Waals surface area contributed by atoms with E-state index in [2.05, 4.69) is 16.2 Å². The van der Waals surface area contributed by atoms with Gasteiger partial charge in [0.05, 0.1) is 0 Å². The van der Waals surface area contributed by atoms with Crippen molar-refractivity contribution in [3.63, 3.8) is 0 Å². The van der Waals surface area contributed by atoms with E-state index in [1.807, 2.05) is 0 Å². The van der Waals surface area contributed by atoms with Gasteiger partial charge >= 0.3 is 0 Å². The fourth-order valence-corrected chi connectivity index (χ4v) is 1.88. The standard InChI is InChI=1S/C15H12ClN3O3S/c16-11-5-1-9(2-6-11)13(21)17-15(23)19-18-14(22)10-3-7-12(20)8-4-10/h1-8,20H,(H,18,22)(H2,17,19,21,23). The maximum absolute atomic E-state index is 11.9. The highest BCUT2D eigenvalue weighted by molar-refractivity contribution is 7.80. The normalized spacial score (nSPS) is 9.78. The van der Waals surface area contributed by atoms with Gasteiger partial charge in [0.1, 0.15) is 5.75 Å². The monoisotopic (exact) mass is 349 g/mol. The molecular formula is C15H12ClN3O3S. The summed E-state index contributed by atoms with van der Waals surface area (Å²) in [5.74, 6) is -0.841. The minimum Gasteiger partial charge on any atom is -0.508 e. The molecule has 0 aliphatic rings. The Morgan fingerprint density at radius 3 is 2.00 bits per heavy atom. The van der Waals surface area contributed by atoms with Crippen molar-refractivity contribution in [1.82, 2.24) is 16.2 Å². The number of phenolic OH excluding ortho intramolecular Hbond substituents is 1. The van der Waals surface area contributed by atoms with Crippen LogP contribution < -0.4 is 16.2 Å². The van der Waals surface area contributed by atoms with Crippen molar-refractivity contribution in [3.8, 4) is 5.75 Å². The molecule has 0 saturated carbocycles. The lowest BCUT2D eigenvalue weighted by Gasteiger charge is -2.11. The SMILES string of the molecule is O=C(NNC(=S)NC(=O)c1ccc(Cl)cc1)c1ccc(O)cc1. The summed E-state index contributed by atoms with van der Waals surface area (Å²) >= 11 is 10.7. The molecule has 8 heteroatoms. The van der Waals surface area contributed by atoms with E-state index in [-0.39, 0.29) is 10.9 Å². The molecule has 0 unspecified atom stereocenters. The first-order valence-electron chi connectivity index (χ1n) is 6.42. The zero-order valence-corrected chi connectivity index (χ0v) is 13.2. The average molecular weight is 350 g/mol. The highest BCUT2D eigenvalue weighted by Crippen LogP contribution is 2.10. The quantitative estimate of drug-likeness (QED) is 0.492. The summed E-state index contributed by atoms with van der Waals surface area (Å²) in [7, 11) is 0. The number of carbonyl (C=O) groups is 2. The second-order valence-corrected chi connectivity index (χ2v) is 5.26. The summed E-state index contributed by atoms with van der Waals surface area (Å²) in [6, 6.07) is 11.9. The van der Waals surface area contributed by atoms with Gasteiger partial charge in [-0.25, -0.2) is 0 Å². The largest absolute Gasteiger partial charge is 0.508 e. The van der Waals surface area contributed by atoms with E-state index in [9.17, 15) is 9.59 Å². The molecule has 2 aromatic carbocycles. The minimum absolute atomic E-state index is 0.0558. The lowest BCUT2D eigenvalue weighted by molar-refractivity contribution is 0.0934. The first kappa shape index (κ1) is 16.7. The van der Waals surface area contributed by atoms with E-state index in [0.29, 0.717) is 16.1 Å². The minimum atomic E-state index is -0.465. The van der Waals surface area contributed by atoms with Crippen LogP contribution >= 0.6 is 23.8 Å². The van der Waals surface area contributed by atoms with E-state index in [1.54, 1.807) is 24.3 Å². The molecule has 0 aromatic heterocycles. The smallest absolute Gasteiger partial charge is 0.269 e. The predicted octanol–water partition coefficient (Wildman–Crippen LogP) is 1.99. The van der Waals surface area contributed by atoms with E-state index >= 15 is 0 Å². The highest BCUT2D eigenvalue weighted by Gasteiger charge is 2.09. The second-order valence-electron chi connectivity index (χ2n) is 4.42. The Hall–Kier alpha value is -2.64. The third kappa shape index (κ3) is 4.94. The van der Waals surface area contributed by atoms with Gasteiger partial charge in [-0.3, -0.25) is 25.8 Å². The molecule has 2 aromatic rings. The van der Waals surface area contributed by atoms with E-state index < -0.39 is 11.8 Å². The molecule has 2 amide bonds. The molecule has 4 N–H and O–H groups in total. The topological polar surface area (TPSA) is 90.5 Å². The number of rotatable bonds is 2. The number of hydrogen-bond acceptors (Lipinski definition) is 4. The molecule has 0 aliphatic heterocycles. The number of aromatic hydroxyl groups is 1. The van der Waals surface area contributed by atoms with Gasteiger partial charge in [-0.2, -0.15) is 0 Å². The van der Waals surface area contributed by atoms with E-state index in [0.717, 1.165) is 0 Å². The molecule has 118 valence electrons. The van der Waals surface area contributed by atoms with Gasteiger partial charge in [0.15, 0.2) is 5.11 Å². The van der Waals surface area contributed by atoms with Crippen molar-refractivity contribution in [2.75, 3.05) is 0 Å². The van der Waals surface area contributed by atoms with Crippen LogP contribution in [0, 0.1) is 0 Å². The van der Waals surface area contributed by atoms with Crippen molar-refractivity contribution in [2.45, 2.75) is 0 Å².